The summed E-state index contributed by atoms with van der Waals surface area (Å²) in [6, 6.07) is 8.86. The Labute approximate surface area is 117 Å². The summed E-state index contributed by atoms with van der Waals surface area (Å²) in [4.78, 5) is 10.9. The lowest BCUT2D eigenvalue weighted by molar-refractivity contribution is 0.0696. The zero-order valence-corrected chi connectivity index (χ0v) is 11.6. The van der Waals surface area contributed by atoms with Gasteiger partial charge in [0.15, 0.2) is 11.6 Å². The Morgan fingerprint density at radius 1 is 1.26 bits per heavy atom. The van der Waals surface area contributed by atoms with Crippen LogP contribution in [0.1, 0.15) is 15.9 Å². The van der Waals surface area contributed by atoms with Crippen LogP contribution in [0.25, 0.3) is 0 Å². The largest absolute Gasteiger partial charge is 0.478 e. The highest BCUT2D eigenvalue weighted by atomic mass is 79.9. The predicted octanol–water partition coefficient (Wildman–Crippen LogP) is 4.39. The molecule has 0 bridgehead atoms. The summed E-state index contributed by atoms with van der Waals surface area (Å²) in [5, 5.41) is 8.95. The molecule has 0 radical (unpaired) electrons. The van der Waals surface area contributed by atoms with E-state index >= 15 is 0 Å². The Kier molecular flexibility index (Phi) is 3.85. The van der Waals surface area contributed by atoms with Crippen molar-refractivity contribution < 1.29 is 19.0 Å². The van der Waals surface area contributed by atoms with Gasteiger partial charge >= 0.3 is 5.97 Å². The van der Waals surface area contributed by atoms with E-state index in [1.54, 1.807) is 18.2 Å². The van der Waals surface area contributed by atoms with Crippen LogP contribution in [0.4, 0.5) is 4.39 Å². The Morgan fingerprint density at radius 2 is 2.00 bits per heavy atom. The number of halogens is 2. The minimum absolute atomic E-state index is 0.0643. The van der Waals surface area contributed by atoms with Crippen molar-refractivity contribution in [2.24, 2.45) is 0 Å². The summed E-state index contributed by atoms with van der Waals surface area (Å²) in [5.74, 6) is -1.25. The van der Waals surface area contributed by atoms with E-state index in [1.165, 1.54) is 18.2 Å². The fraction of sp³-hybridized carbons (Fsp3) is 0.0714. The van der Waals surface area contributed by atoms with E-state index in [2.05, 4.69) is 15.9 Å². The summed E-state index contributed by atoms with van der Waals surface area (Å²) in [7, 11) is 0. The van der Waals surface area contributed by atoms with Gasteiger partial charge in [0, 0.05) is 4.47 Å². The minimum atomic E-state index is -1.07. The van der Waals surface area contributed by atoms with Crippen LogP contribution in [0.2, 0.25) is 0 Å². The maximum absolute atomic E-state index is 13.6. The van der Waals surface area contributed by atoms with Crippen molar-refractivity contribution in [3.8, 4) is 11.5 Å². The zero-order chi connectivity index (χ0) is 14.0. The van der Waals surface area contributed by atoms with Crippen LogP contribution in [-0.4, -0.2) is 11.1 Å². The third-order valence-electron chi connectivity index (χ3n) is 2.43. The molecular weight excluding hydrogens is 315 g/mol. The van der Waals surface area contributed by atoms with E-state index in [4.69, 9.17) is 9.84 Å². The topological polar surface area (TPSA) is 46.5 Å². The van der Waals surface area contributed by atoms with Crippen LogP contribution in [0.3, 0.4) is 0 Å². The van der Waals surface area contributed by atoms with Crippen molar-refractivity contribution in [1.82, 2.24) is 0 Å². The van der Waals surface area contributed by atoms with Gasteiger partial charge in [-0.2, -0.15) is 0 Å². The molecule has 0 saturated carbocycles. The highest BCUT2D eigenvalue weighted by molar-refractivity contribution is 9.10. The Morgan fingerprint density at radius 3 is 2.68 bits per heavy atom. The first kappa shape index (κ1) is 13.5. The lowest BCUT2D eigenvalue weighted by Crippen LogP contribution is -1.97. The smallest absolute Gasteiger partial charge is 0.335 e. The highest BCUT2D eigenvalue weighted by Crippen LogP contribution is 2.28. The van der Waals surface area contributed by atoms with Gasteiger partial charge < -0.3 is 9.84 Å². The summed E-state index contributed by atoms with van der Waals surface area (Å²) in [6.45, 7) is 1.82. The van der Waals surface area contributed by atoms with Crippen molar-refractivity contribution >= 4 is 21.9 Å². The van der Waals surface area contributed by atoms with Crippen molar-refractivity contribution in [1.29, 1.82) is 0 Å². The van der Waals surface area contributed by atoms with Gasteiger partial charge in [0.2, 0.25) is 0 Å². The van der Waals surface area contributed by atoms with E-state index in [9.17, 15) is 9.18 Å². The summed E-state index contributed by atoms with van der Waals surface area (Å²) in [6.07, 6.45) is 0. The standard InChI is InChI=1S/C14H10BrFO3/c1-8-2-3-12(16)13(4-8)19-11-6-9(14(17)18)5-10(15)7-11/h2-7H,1H3,(H,17,18). The molecule has 0 unspecified atom stereocenters. The second-order valence-electron chi connectivity index (χ2n) is 4.02. The van der Waals surface area contributed by atoms with E-state index in [1.807, 2.05) is 6.92 Å². The lowest BCUT2D eigenvalue weighted by atomic mass is 10.2. The van der Waals surface area contributed by atoms with E-state index in [0.29, 0.717) is 4.47 Å². The quantitative estimate of drug-likeness (QED) is 0.910. The SMILES string of the molecule is Cc1ccc(F)c(Oc2cc(Br)cc(C(=O)O)c2)c1. The summed E-state index contributed by atoms with van der Waals surface area (Å²) < 4.78 is 19.5. The van der Waals surface area contributed by atoms with Gasteiger partial charge in [-0.3, -0.25) is 0 Å². The third kappa shape index (κ3) is 3.32. The molecule has 3 nitrogen and oxygen atoms in total. The van der Waals surface area contributed by atoms with Gasteiger partial charge in [0.25, 0.3) is 0 Å². The number of ether oxygens (including phenoxy) is 1. The molecule has 2 aromatic carbocycles. The van der Waals surface area contributed by atoms with Crippen molar-refractivity contribution in [2.45, 2.75) is 6.92 Å². The van der Waals surface area contributed by atoms with Crippen LogP contribution in [-0.2, 0) is 0 Å². The van der Waals surface area contributed by atoms with Gasteiger partial charge in [-0.15, -0.1) is 0 Å². The molecule has 0 atom stereocenters. The Bertz CT molecular complexity index is 641. The van der Waals surface area contributed by atoms with Crippen LogP contribution in [0.5, 0.6) is 11.5 Å². The van der Waals surface area contributed by atoms with Gasteiger partial charge in [-0.05, 0) is 42.8 Å². The minimum Gasteiger partial charge on any atom is -0.478 e. The maximum Gasteiger partial charge on any atom is 0.335 e. The number of aryl methyl sites for hydroxylation is 1. The number of rotatable bonds is 3. The van der Waals surface area contributed by atoms with Crippen LogP contribution in [0, 0.1) is 12.7 Å². The first-order valence-corrected chi connectivity index (χ1v) is 6.23. The third-order valence-corrected chi connectivity index (χ3v) is 2.89. The number of carboxylic acid groups (broad SMARTS) is 1. The molecule has 0 heterocycles. The zero-order valence-electron chi connectivity index (χ0n) is 9.98. The molecule has 5 heteroatoms. The molecule has 1 N–H and O–H groups in total. The van der Waals surface area contributed by atoms with Crippen LogP contribution in [0.15, 0.2) is 40.9 Å². The molecule has 98 valence electrons. The molecule has 0 spiro atoms. The highest BCUT2D eigenvalue weighted by Gasteiger charge is 2.10. The van der Waals surface area contributed by atoms with Crippen molar-refractivity contribution in [3.63, 3.8) is 0 Å². The van der Waals surface area contributed by atoms with Gasteiger partial charge in [0.05, 0.1) is 5.56 Å². The van der Waals surface area contributed by atoms with Crippen molar-refractivity contribution in [2.75, 3.05) is 0 Å². The second kappa shape index (κ2) is 5.40. The van der Waals surface area contributed by atoms with Crippen LogP contribution >= 0.6 is 15.9 Å². The number of hydrogen-bond acceptors (Lipinski definition) is 2. The Balaban J connectivity index is 2.38. The first-order chi connectivity index (χ1) is 8.95. The number of aromatic carboxylic acids is 1. The van der Waals surface area contributed by atoms with Crippen LogP contribution < -0.4 is 4.74 Å². The van der Waals surface area contributed by atoms with Gasteiger partial charge in [0.1, 0.15) is 5.75 Å². The van der Waals surface area contributed by atoms with E-state index in [-0.39, 0.29) is 17.1 Å². The first-order valence-electron chi connectivity index (χ1n) is 5.43. The fourth-order valence-corrected chi connectivity index (χ4v) is 2.03. The molecule has 0 fully saturated rings. The molecule has 0 aliphatic rings. The molecule has 0 saturated heterocycles. The van der Waals surface area contributed by atoms with Crippen molar-refractivity contribution in [3.05, 3.63) is 57.8 Å². The normalized spacial score (nSPS) is 10.3. The molecule has 2 rings (SSSR count). The van der Waals surface area contributed by atoms with E-state index < -0.39 is 11.8 Å². The number of benzene rings is 2. The maximum atomic E-state index is 13.6. The summed E-state index contributed by atoms with van der Waals surface area (Å²) >= 11 is 3.19. The average Bonchev–Trinajstić information content (AvgIpc) is 2.33. The van der Waals surface area contributed by atoms with Gasteiger partial charge in [-0.25, -0.2) is 9.18 Å². The number of carboxylic acids is 1. The number of hydrogen-bond donors (Lipinski definition) is 1. The molecule has 2 aromatic rings. The fourth-order valence-electron chi connectivity index (χ4n) is 1.56. The molecule has 0 aliphatic carbocycles. The monoisotopic (exact) mass is 324 g/mol. The molecule has 0 aromatic heterocycles. The lowest BCUT2D eigenvalue weighted by Gasteiger charge is -2.09. The summed E-state index contributed by atoms with van der Waals surface area (Å²) in [5.41, 5.74) is 0.919. The molecule has 0 aliphatic heterocycles. The molecule has 0 amide bonds. The predicted molar refractivity (Wildman–Crippen MR) is 72.3 cm³/mol. The number of carbonyl (C=O) groups is 1. The average molecular weight is 325 g/mol. The van der Waals surface area contributed by atoms with Gasteiger partial charge in [-0.1, -0.05) is 22.0 Å². The second-order valence-corrected chi connectivity index (χ2v) is 4.93. The molecule has 19 heavy (non-hydrogen) atoms. The molecular formula is C14H10BrFO3. The van der Waals surface area contributed by atoms with E-state index in [0.717, 1.165) is 5.56 Å². The Hall–Kier alpha value is -1.88.